The minimum Gasteiger partial charge on any atom is -0.393 e. The predicted molar refractivity (Wildman–Crippen MR) is 57.4 cm³/mol. The Labute approximate surface area is 82.5 Å². The van der Waals surface area contributed by atoms with Crippen LogP contribution in [0.15, 0.2) is 0 Å². The van der Waals surface area contributed by atoms with Crippen molar-refractivity contribution >= 4 is 0 Å². The van der Waals surface area contributed by atoms with Gasteiger partial charge in [-0.1, -0.05) is 32.6 Å². The van der Waals surface area contributed by atoms with Crippen LogP contribution in [-0.2, 0) is 0 Å². The Morgan fingerprint density at radius 1 is 1.15 bits per heavy atom. The van der Waals surface area contributed by atoms with E-state index in [2.05, 4.69) is 18.8 Å². The first-order chi connectivity index (χ1) is 6.31. The number of aliphatic hydroxyl groups excluding tert-OH is 1. The molecule has 0 aliphatic rings. The normalized spacial score (nSPS) is 11.9. The van der Waals surface area contributed by atoms with Gasteiger partial charge in [-0.05, 0) is 19.8 Å². The lowest BCUT2D eigenvalue weighted by Gasteiger charge is -2.07. The third-order valence-corrected chi connectivity index (χ3v) is 2.17. The van der Waals surface area contributed by atoms with E-state index in [0.717, 1.165) is 25.7 Å². The molecule has 0 saturated carbocycles. The van der Waals surface area contributed by atoms with Crippen molar-refractivity contribution in [2.75, 3.05) is 0 Å². The van der Waals surface area contributed by atoms with Crippen LogP contribution >= 0.6 is 0 Å². The smallest absolute Gasteiger partial charge is 0.0549 e. The lowest BCUT2D eigenvalue weighted by molar-refractivity contribution is 0.152. The molecule has 0 amide bonds. The van der Waals surface area contributed by atoms with E-state index < -0.39 is 0 Å². The van der Waals surface area contributed by atoms with Crippen LogP contribution < -0.4 is 0 Å². The second-order valence-electron chi connectivity index (χ2n) is 3.47. The number of rotatable bonds is 7. The SMILES string of the molecule is CC#CCCC(O)CCCCCC. The van der Waals surface area contributed by atoms with Crippen molar-refractivity contribution in [2.45, 2.75) is 64.9 Å². The highest BCUT2D eigenvalue weighted by atomic mass is 16.3. The minimum absolute atomic E-state index is 0.127. The largest absolute Gasteiger partial charge is 0.393 e. The van der Waals surface area contributed by atoms with Gasteiger partial charge in [0.1, 0.15) is 0 Å². The Kier molecular flexibility index (Phi) is 9.25. The lowest BCUT2D eigenvalue weighted by Crippen LogP contribution is -2.05. The van der Waals surface area contributed by atoms with E-state index in [1.807, 2.05) is 6.92 Å². The fraction of sp³-hybridized carbons (Fsp3) is 0.833. The summed E-state index contributed by atoms with van der Waals surface area (Å²) in [6, 6.07) is 0. The third-order valence-electron chi connectivity index (χ3n) is 2.17. The van der Waals surface area contributed by atoms with Gasteiger partial charge in [0.2, 0.25) is 0 Å². The van der Waals surface area contributed by atoms with E-state index in [1.54, 1.807) is 0 Å². The molecule has 1 nitrogen and oxygen atoms in total. The van der Waals surface area contributed by atoms with E-state index in [4.69, 9.17) is 0 Å². The van der Waals surface area contributed by atoms with E-state index in [9.17, 15) is 5.11 Å². The van der Waals surface area contributed by atoms with Crippen molar-refractivity contribution < 1.29 is 5.11 Å². The number of hydrogen-bond acceptors (Lipinski definition) is 1. The maximum absolute atomic E-state index is 9.51. The topological polar surface area (TPSA) is 20.2 Å². The third kappa shape index (κ3) is 9.43. The minimum atomic E-state index is -0.127. The van der Waals surface area contributed by atoms with Crippen LogP contribution in [0.5, 0.6) is 0 Å². The monoisotopic (exact) mass is 182 g/mol. The fourth-order valence-corrected chi connectivity index (χ4v) is 1.31. The fourth-order valence-electron chi connectivity index (χ4n) is 1.31. The molecule has 0 aliphatic heterocycles. The van der Waals surface area contributed by atoms with Crippen LogP contribution in [0.4, 0.5) is 0 Å². The van der Waals surface area contributed by atoms with E-state index in [0.29, 0.717) is 0 Å². The summed E-state index contributed by atoms with van der Waals surface area (Å²) >= 11 is 0. The zero-order chi connectivity index (χ0) is 9.94. The lowest BCUT2D eigenvalue weighted by atomic mass is 10.1. The molecule has 0 aliphatic carbocycles. The molecule has 0 rings (SSSR count). The summed E-state index contributed by atoms with van der Waals surface area (Å²) in [4.78, 5) is 0. The van der Waals surface area contributed by atoms with Gasteiger partial charge in [-0.3, -0.25) is 0 Å². The van der Waals surface area contributed by atoms with Crippen LogP contribution in [0.2, 0.25) is 0 Å². The zero-order valence-electron chi connectivity index (χ0n) is 8.97. The Balaban J connectivity index is 3.18. The van der Waals surface area contributed by atoms with Crippen molar-refractivity contribution in [1.82, 2.24) is 0 Å². The molecule has 0 saturated heterocycles. The first-order valence-corrected chi connectivity index (χ1v) is 5.39. The predicted octanol–water partition coefficient (Wildman–Crippen LogP) is 3.12. The van der Waals surface area contributed by atoms with Crippen LogP contribution in [-0.4, -0.2) is 11.2 Å². The molecule has 0 bridgehead atoms. The van der Waals surface area contributed by atoms with Gasteiger partial charge in [0.25, 0.3) is 0 Å². The van der Waals surface area contributed by atoms with Crippen molar-refractivity contribution in [2.24, 2.45) is 0 Å². The van der Waals surface area contributed by atoms with Gasteiger partial charge in [-0.15, -0.1) is 11.8 Å². The van der Waals surface area contributed by atoms with Gasteiger partial charge >= 0.3 is 0 Å². The number of unbranched alkanes of at least 4 members (excludes halogenated alkanes) is 3. The standard InChI is InChI=1S/C12H22O/c1-3-5-7-9-11-12(13)10-8-6-4-2/h12-13H,3,5,7-11H2,1-2H3. The molecular weight excluding hydrogens is 160 g/mol. The van der Waals surface area contributed by atoms with Gasteiger partial charge in [0.05, 0.1) is 6.10 Å². The summed E-state index contributed by atoms with van der Waals surface area (Å²) in [6.45, 7) is 4.04. The first kappa shape index (κ1) is 12.5. The molecule has 1 heteroatoms. The average Bonchev–Trinajstić information content (AvgIpc) is 2.13. The van der Waals surface area contributed by atoms with Crippen LogP contribution in [0, 0.1) is 11.8 Å². The molecule has 0 spiro atoms. The quantitative estimate of drug-likeness (QED) is 0.474. The van der Waals surface area contributed by atoms with E-state index in [1.165, 1.54) is 19.3 Å². The molecule has 0 heterocycles. The average molecular weight is 182 g/mol. The van der Waals surface area contributed by atoms with Gasteiger partial charge in [0.15, 0.2) is 0 Å². The van der Waals surface area contributed by atoms with Crippen LogP contribution in [0.1, 0.15) is 58.8 Å². The van der Waals surface area contributed by atoms with Crippen molar-refractivity contribution in [1.29, 1.82) is 0 Å². The highest BCUT2D eigenvalue weighted by Gasteiger charge is 2.01. The van der Waals surface area contributed by atoms with Gasteiger partial charge in [-0.2, -0.15) is 0 Å². The number of hydrogen-bond donors (Lipinski definition) is 1. The van der Waals surface area contributed by atoms with Crippen molar-refractivity contribution in [3.05, 3.63) is 0 Å². The molecule has 0 fully saturated rings. The van der Waals surface area contributed by atoms with Crippen LogP contribution in [0.3, 0.4) is 0 Å². The first-order valence-electron chi connectivity index (χ1n) is 5.39. The van der Waals surface area contributed by atoms with Crippen molar-refractivity contribution in [3.8, 4) is 11.8 Å². The molecule has 1 N–H and O–H groups in total. The summed E-state index contributed by atoms with van der Waals surface area (Å²) in [5.41, 5.74) is 0. The summed E-state index contributed by atoms with van der Waals surface area (Å²) in [5.74, 6) is 5.81. The molecule has 1 unspecified atom stereocenters. The summed E-state index contributed by atoms with van der Waals surface area (Å²) in [6.07, 6.45) is 7.47. The molecule has 13 heavy (non-hydrogen) atoms. The van der Waals surface area contributed by atoms with Gasteiger partial charge < -0.3 is 5.11 Å². The number of aliphatic hydroxyl groups is 1. The second kappa shape index (κ2) is 9.61. The maximum atomic E-state index is 9.51. The zero-order valence-corrected chi connectivity index (χ0v) is 8.97. The summed E-state index contributed by atoms with van der Waals surface area (Å²) in [7, 11) is 0. The molecule has 1 atom stereocenters. The molecular formula is C12H22O. The van der Waals surface area contributed by atoms with E-state index in [-0.39, 0.29) is 6.10 Å². The Hall–Kier alpha value is -0.480. The Bertz CT molecular complexity index is 152. The van der Waals surface area contributed by atoms with Gasteiger partial charge in [0, 0.05) is 6.42 Å². The molecule has 0 aromatic rings. The maximum Gasteiger partial charge on any atom is 0.0549 e. The second-order valence-corrected chi connectivity index (χ2v) is 3.47. The molecule has 0 aromatic carbocycles. The molecule has 76 valence electrons. The molecule has 0 aromatic heterocycles. The van der Waals surface area contributed by atoms with Crippen LogP contribution in [0.25, 0.3) is 0 Å². The van der Waals surface area contributed by atoms with E-state index >= 15 is 0 Å². The Morgan fingerprint density at radius 2 is 1.92 bits per heavy atom. The summed E-state index contributed by atoms with van der Waals surface area (Å²) < 4.78 is 0. The highest BCUT2D eigenvalue weighted by Crippen LogP contribution is 2.08. The van der Waals surface area contributed by atoms with Crippen molar-refractivity contribution in [3.63, 3.8) is 0 Å². The van der Waals surface area contributed by atoms with Gasteiger partial charge in [-0.25, -0.2) is 0 Å². The Morgan fingerprint density at radius 3 is 2.54 bits per heavy atom. The highest BCUT2D eigenvalue weighted by molar-refractivity contribution is 4.94. The summed E-state index contributed by atoms with van der Waals surface area (Å²) in [5, 5.41) is 9.51. The molecule has 0 radical (unpaired) electrons.